The lowest BCUT2D eigenvalue weighted by Crippen LogP contribution is -2.42. The Morgan fingerprint density at radius 3 is 2.41 bits per heavy atom. The fourth-order valence-electron chi connectivity index (χ4n) is 1.54. The molecular formula is C15H12BrFN2O2S. The Kier molecular flexibility index (Phi) is 5.97. The molecule has 2 rings (SSSR count). The van der Waals surface area contributed by atoms with Crippen LogP contribution in [-0.4, -0.2) is 17.6 Å². The number of thioether (sulfide) groups is 1. The molecule has 0 saturated heterocycles. The Bertz CT molecular complexity index is 679. The zero-order chi connectivity index (χ0) is 15.9. The largest absolute Gasteiger partial charge is 0.272 e. The van der Waals surface area contributed by atoms with Gasteiger partial charge in [-0.3, -0.25) is 20.4 Å². The Morgan fingerprint density at radius 1 is 1.05 bits per heavy atom. The molecule has 0 aliphatic carbocycles. The molecular weight excluding hydrogens is 371 g/mol. The topological polar surface area (TPSA) is 58.2 Å². The smallest absolute Gasteiger partial charge is 0.269 e. The lowest BCUT2D eigenvalue weighted by molar-refractivity contribution is -0.119. The van der Waals surface area contributed by atoms with Gasteiger partial charge in [-0.2, -0.15) is 0 Å². The van der Waals surface area contributed by atoms with Crippen LogP contribution in [0.15, 0.2) is 57.9 Å². The summed E-state index contributed by atoms with van der Waals surface area (Å²) < 4.78 is 13.7. The third-order valence-electron chi connectivity index (χ3n) is 2.62. The van der Waals surface area contributed by atoms with Gasteiger partial charge in [0.05, 0.1) is 5.75 Å². The Balaban J connectivity index is 1.79. The van der Waals surface area contributed by atoms with Gasteiger partial charge >= 0.3 is 0 Å². The quantitative estimate of drug-likeness (QED) is 0.630. The van der Waals surface area contributed by atoms with Gasteiger partial charge in [0, 0.05) is 14.9 Å². The van der Waals surface area contributed by atoms with Crippen LogP contribution < -0.4 is 10.9 Å². The summed E-state index contributed by atoms with van der Waals surface area (Å²) in [6, 6.07) is 12.6. The van der Waals surface area contributed by atoms with Gasteiger partial charge in [0.15, 0.2) is 0 Å². The molecule has 22 heavy (non-hydrogen) atoms. The summed E-state index contributed by atoms with van der Waals surface area (Å²) in [5.41, 5.74) is 4.86. The molecule has 2 aromatic rings. The molecule has 0 heterocycles. The highest BCUT2D eigenvalue weighted by molar-refractivity contribution is 9.10. The lowest BCUT2D eigenvalue weighted by Gasteiger charge is -2.08. The molecule has 2 N–H and O–H groups in total. The summed E-state index contributed by atoms with van der Waals surface area (Å²) in [4.78, 5) is 24.4. The zero-order valence-electron chi connectivity index (χ0n) is 11.3. The molecule has 7 heteroatoms. The van der Waals surface area contributed by atoms with E-state index in [0.29, 0.717) is 0 Å². The van der Waals surface area contributed by atoms with Crippen LogP contribution in [0.3, 0.4) is 0 Å². The monoisotopic (exact) mass is 382 g/mol. The summed E-state index contributed by atoms with van der Waals surface area (Å²) >= 11 is 4.74. The summed E-state index contributed by atoms with van der Waals surface area (Å²) in [6.45, 7) is 0. The lowest BCUT2D eigenvalue weighted by atomic mass is 10.2. The second-order valence-electron chi connectivity index (χ2n) is 4.23. The molecule has 0 aromatic heterocycles. The fraction of sp³-hybridized carbons (Fsp3) is 0.0667. The summed E-state index contributed by atoms with van der Waals surface area (Å²) in [6.07, 6.45) is 0. The number of nitrogens with one attached hydrogen (secondary N) is 2. The minimum Gasteiger partial charge on any atom is -0.272 e. The number of rotatable bonds is 4. The van der Waals surface area contributed by atoms with Crippen molar-refractivity contribution in [3.63, 3.8) is 0 Å². The van der Waals surface area contributed by atoms with Gasteiger partial charge in [-0.05, 0) is 52.3 Å². The highest BCUT2D eigenvalue weighted by Crippen LogP contribution is 2.26. The van der Waals surface area contributed by atoms with E-state index in [2.05, 4.69) is 26.8 Å². The van der Waals surface area contributed by atoms with E-state index < -0.39 is 11.7 Å². The molecule has 0 aliphatic rings. The number of hydrogen-bond acceptors (Lipinski definition) is 3. The summed E-state index contributed by atoms with van der Waals surface area (Å²) in [7, 11) is 0. The van der Waals surface area contributed by atoms with E-state index in [1.165, 1.54) is 36.0 Å². The van der Waals surface area contributed by atoms with Crippen molar-refractivity contribution in [3.05, 3.63) is 64.4 Å². The second-order valence-corrected chi connectivity index (χ2v) is 6.10. The van der Waals surface area contributed by atoms with Gasteiger partial charge in [-0.25, -0.2) is 4.39 Å². The second kappa shape index (κ2) is 7.95. The van der Waals surface area contributed by atoms with E-state index in [9.17, 15) is 14.0 Å². The van der Waals surface area contributed by atoms with E-state index >= 15 is 0 Å². The molecule has 0 unspecified atom stereocenters. The summed E-state index contributed by atoms with van der Waals surface area (Å²) in [5, 5.41) is 0. The molecule has 4 nitrogen and oxygen atoms in total. The van der Waals surface area contributed by atoms with Crippen molar-refractivity contribution >= 4 is 39.5 Å². The molecule has 0 radical (unpaired) electrons. The molecule has 0 aliphatic heterocycles. The van der Waals surface area contributed by atoms with E-state index in [-0.39, 0.29) is 17.2 Å². The minimum atomic E-state index is -0.501. The van der Waals surface area contributed by atoms with Gasteiger partial charge in [0.2, 0.25) is 5.91 Å². The maximum absolute atomic E-state index is 12.8. The van der Waals surface area contributed by atoms with Crippen LogP contribution >= 0.6 is 27.7 Å². The maximum atomic E-state index is 12.8. The standard InChI is InChI=1S/C15H12BrFN2O2S/c16-12-3-1-2-4-13(12)22-9-14(20)18-19-15(21)10-5-7-11(17)8-6-10/h1-8H,9H2,(H,18,20)(H,19,21). The van der Waals surface area contributed by atoms with E-state index in [4.69, 9.17) is 0 Å². The van der Waals surface area contributed by atoms with Gasteiger partial charge in [-0.1, -0.05) is 12.1 Å². The predicted molar refractivity (Wildman–Crippen MR) is 86.9 cm³/mol. The van der Waals surface area contributed by atoms with Crippen molar-refractivity contribution < 1.29 is 14.0 Å². The van der Waals surface area contributed by atoms with Crippen molar-refractivity contribution in [1.82, 2.24) is 10.9 Å². The Morgan fingerprint density at radius 2 is 1.73 bits per heavy atom. The Hall–Kier alpha value is -1.86. The molecule has 2 amide bonds. The van der Waals surface area contributed by atoms with E-state index in [1.54, 1.807) is 0 Å². The maximum Gasteiger partial charge on any atom is 0.269 e. The van der Waals surface area contributed by atoms with E-state index in [0.717, 1.165) is 9.37 Å². The predicted octanol–water partition coefficient (Wildman–Crippen LogP) is 3.14. The SMILES string of the molecule is O=C(CSc1ccccc1Br)NNC(=O)c1ccc(F)cc1. The first kappa shape index (κ1) is 16.5. The van der Waals surface area contributed by atoms with Gasteiger partial charge in [0.25, 0.3) is 5.91 Å². The first-order valence-electron chi connectivity index (χ1n) is 6.28. The number of benzene rings is 2. The first-order valence-corrected chi connectivity index (χ1v) is 8.06. The number of carbonyl (C=O) groups excluding carboxylic acids is 2. The van der Waals surface area contributed by atoms with Crippen LogP contribution in [0.25, 0.3) is 0 Å². The molecule has 0 atom stereocenters. The number of hydrogen-bond donors (Lipinski definition) is 2. The third-order valence-corrected chi connectivity index (χ3v) is 4.64. The molecule has 2 aromatic carbocycles. The molecule has 0 spiro atoms. The highest BCUT2D eigenvalue weighted by Gasteiger charge is 2.08. The van der Waals surface area contributed by atoms with Crippen LogP contribution in [0.1, 0.15) is 10.4 Å². The number of amides is 2. The van der Waals surface area contributed by atoms with Crippen LogP contribution in [0.5, 0.6) is 0 Å². The fourth-order valence-corrected chi connectivity index (χ4v) is 2.91. The molecule has 0 fully saturated rings. The van der Waals surface area contributed by atoms with E-state index in [1.807, 2.05) is 24.3 Å². The third kappa shape index (κ3) is 4.85. The van der Waals surface area contributed by atoms with Crippen molar-refractivity contribution in [2.45, 2.75) is 4.90 Å². The molecule has 114 valence electrons. The van der Waals surface area contributed by atoms with Gasteiger partial charge < -0.3 is 0 Å². The van der Waals surface area contributed by atoms with Gasteiger partial charge in [0.1, 0.15) is 5.82 Å². The number of hydrazine groups is 1. The van der Waals surface area contributed by atoms with Crippen LogP contribution in [0.2, 0.25) is 0 Å². The zero-order valence-corrected chi connectivity index (χ0v) is 13.7. The molecule has 0 bridgehead atoms. The van der Waals surface area contributed by atoms with Crippen LogP contribution in [-0.2, 0) is 4.79 Å². The minimum absolute atomic E-state index is 0.159. The van der Waals surface area contributed by atoms with Crippen molar-refractivity contribution in [2.24, 2.45) is 0 Å². The molecule has 0 saturated carbocycles. The van der Waals surface area contributed by atoms with Crippen molar-refractivity contribution in [1.29, 1.82) is 0 Å². The van der Waals surface area contributed by atoms with Crippen LogP contribution in [0, 0.1) is 5.82 Å². The van der Waals surface area contributed by atoms with Crippen LogP contribution in [0.4, 0.5) is 4.39 Å². The highest BCUT2D eigenvalue weighted by atomic mass is 79.9. The van der Waals surface area contributed by atoms with Crippen molar-refractivity contribution in [2.75, 3.05) is 5.75 Å². The average molecular weight is 383 g/mol. The van der Waals surface area contributed by atoms with Crippen molar-refractivity contribution in [3.8, 4) is 0 Å². The summed E-state index contributed by atoms with van der Waals surface area (Å²) in [5.74, 6) is -1.10. The normalized spacial score (nSPS) is 10.1. The van der Waals surface area contributed by atoms with Gasteiger partial charge in [-0.15, -0.1) is 11.8 Å². The number of carbonyl (C=O) groups is 2. The first-order chi connectivity index (χ1) is 10.6. The Labute approximate surface area is 139 Å². The average Bonchev–Trinajstić information content (AvgIpc) is 2.52. The number of halogens is 2.